The van der Waals surface area contributed by atoms with Crippen molar-refractivity contribution in [2.24, 2.45) is 11.7 Å². The Morgan fingerprint density at radius 2 is 1.63 bits per heavy atom. The lowest BCUT2D eigenvalue weighted by Crippen LogP contribution is -2.58. The van der Waals surface area contributed by atoms with Gasteiger partial charge in [0.05, 0.1) is 0 Å². The third-order valence-electron chi connectivity index (χ3n) is 6.80. The molecule has 1 amide bonds. The Hall–Kier alpha value is -2.17. The third kappa shape index (κ3) is 4.03. The second-order valence-electron chi connectivity index (χ2n) is 9.89. The SMILES string of the molecule is CC(C)(N)Cc1ccccc1C1CN(C(=O)C(O)(c2ccccc2)C2CCCC2)C1. The molecule has 2 fully saturated rings. The molecule has 1 heterocycles. The highest BCUT2D eigenvalue weighted by molar-refractivity contribution is 5.87. The number of likely N-dealkylation sites (tertiary alicyclic amines) is 1. The Kier molecular flexibility index (Phi) is 5.73. The van der Waals surface area contributed by atoms with Crippen LogP contribution in [0.4, 0.5) is 0 Å². The fourth-order valence-corrected chi connectivity index (χ4v) is 5.24. The monoisotopic (exact) mass is 406 g/mol. The molecule has 1 aliphatic carbocycles. The summed E-state index contributed by atoms with van der Waals surface area (Å²) in [5.41, 5.74) is 7.85. The van der Waals surface area contributed by atoms with E-state index in [-0.39, 0.29) is 17.4 Å². The van der Waals surface area contributed by atoms with Crippen molar-refractivity contribution in [2.75, 3.05) is 13.1 Å². The predicted octanol–water partition coefficient (Wildman–Crippen LogP) is 3.97. The molecule has 1 saturated carbocycles. The van der Waals surface area contributed by atoms with Crippen molar-refractivity contribution in [1.82, 2.24) is 4.90 Å². The highest BCUT2D eigenvalue weighted by atomic mass is 16.3. The van der Waals surface area contributed by atoms with Crippen LogP contribution in [0.15, 0.2) is 54.6 Å². The first kappa shape index (κ1) is 21.1. The molecule has 4 heteroatoms. The zero-order chi connectivity index (χ0) is 21.4. The molecule has 4 rings (SSSR count). The van der Waals surface area contributed by atoms with Gasteiger partial charge in [-0.3, -0.25) is 4.79 Å². The zero-order valence-electron chi connectivity index (χ0n) is 18.2. The molecule has 0 spiro atoms. The van der Waals surface area contributed by atoms with Crippen LogP contribution in [0.25, 0.3) is 0 Å². The highest BCUT2D eigenvalue weighted by Gasteiger charge is 2.50. The quantitative estimate of drug-likeness (QED) is 0.763. The lowest BCUT2D eigenvalue weighted by Gasteiger charge is -2.46. The minimum absolute atomic E-state index is 0.00299. The predicted molar refractivity (Wildman–Crippen MR) is 120 cm³/mol. The highest BCUT2D eigenvalue weighted by Crippen LogP contribution is 2.43. The molecule has 160 valence electrons. The molecule has 3 N–H and O–H groups in total. The van der Waals surface area contributed by atoms with Gasteiger partial charge in [-0.15, -0.1) is 0 Å². The van der Waals surface area contributed by atoms with Crippen LogP contribution >= 0.6 is 0 Å². The van der Waals surface area contributed by atoms with Gasteiger partial charge in [0.2, 0.25) is 0 Å². The number of aliphatic hydroxyl groups is 1. The maximum atomic E-state index is 13.6. The van der Waals surface area contributed by atoms with E-state index in [0.717, 1.165) is 37.7 Å². The maximum Gasteiger partial charge on any atom is 0.259 e. The Morgan fingerprint density at radius 3 is 2.27 bits per heavy atom. The topological polar surface area (TPSA) is 66.6 Å². The van der Waals surface area contributed by atoms with Gasteiger partial charge in [0, 0.05) is 30.5 Å². The number of amides is 1. The largest absolute Gasteiger partial charge is 0.375 e. The fraction of sp³-hybridized carbons (Fsp3) is 0.500. The summed E-state index contributed by atoms with van der Waals surface area (Å²) in [4.78, 5) is 15.4. The summed E-state index contributed by atoms with van der Waals surface area (Å²) in [7, 11) is 0. The molecule has 2 aromatic rings. The normalized spacial score (nSPS) is 20.1. The summed E-state index contributed by atoms with van der Waals surface area (Å²) in [6.45, 7) is 5.40. The number of nitrogens with zero attached hydrogens (tertiary/aromatic N) is 1. The Bertz CT molecular complexity index is 877. The van der Waals surface area contributed by atoms with Crippen LogP contribution in [0.3, 0.4) is 0 Å². The molecular weight excluding hydrogens is 372 g/mol. The van der Waals surface area contributed by atoms with Crippen molar-refractivity contribution < 1.29 is 9.90 Å². The van der Waals surface area contributed by atoms with E-state index in [2.05, 4.69) is 24.3 Å². The molecule has 0 bridgehead atoms. The van der Waals surface area contributed by atoms with Gasteiger partial charge in [0.25, 0.3) is 5.91 Å². The van der Waals surface area contributed by atoms with Gasteiger partial charge in [0.1, 0.15) is 0 Å². The molecule has 1 aliphatic heterocycles. The molecule has 1 atom stereocenters. The Morgan fingerprint density at radius 1 is 1.03 bits per heavy atom. The van der Waals surface area contributed by atoms with Crippen molar-refractivity contribution in [1.29, 1.82) is 0 Å². The molecule has 0 aromatic heterocycles. The number of nitrogens with two attached hydrogens (primary N) is 1. The molecule has 4 nitrogen and oxygen atoms in total. The first-order valence-electron chi connectivity index (χ1n) is 11.2. The molecule has 2 aromatic carbocycles. The lowest BCUT2D eigenvalue weighted by molar-refractivity contribution is -0.164. The van der Waals surface area contributed by atoms with E-state index in [4.69, 9.17) is 5.73 Å². The van der Waals surface area contributed by atoms with Gasteiger partial charge in [-0.25, -0.2) is 0 Å². The summed E-state index contributed by atoms with van der Waals surface area (Å²) in [5, 5.41) is 11.7. The smallest absolute Gasteiger partial charge is 0.259 e. The molecule has 2 aliphatic rings. The molecule has 0 radical (unpaired) electrons. The van der Waals surface area contributed by atoms with Crippen molar-refractivity contribution in [3.8, 4) is 0 Å². The van der Waals surface area contributed by atoms with E-state index in [1.54, 1.807) is 0 Å². The van der Waals surface area contributed by atoms with Gasteiger partial charge in [-0.2, -0.15) is 0 Å². The third-order valence-corrected chi connectivity index (χ3v) is 6.80. The molecule has 1 saturated heterocycles. The minimum Gasteiger partial charge on any atom is -0.375 e. The van der Waals surface area contributed by atoms with Gasteiger partial charge in [-0.05, 0) is 49.8 Å². The Labute approximate surface area is 180 Å². The first-order chi connectivity index (χ1) is 14.3. The Balaban J connectivity index is 1.53. The first-order valence-corrected chi connectivity index (χ1v) is 11.2. The standard InChI is InChI=1S/C26H34N2O2/c1-25(2,27)16-19-10-6-9-15-23(19)20-17-28(18-20)24(29)26(30,22-13-7-8-14-22)21-11-4-3-5-12-21/h3-6,9-12,15,20,22,30H,7-8,13-14,16-18,27H2,1-2H3. The number of benzene rings is 2. The number of rotatable bonds is 6. The van der Waals surface area contributed by atoms with Crippen LogP contribution in [-0.2, 0) is 16.8 Å². The fourth-order valence-electron chi connectivity index (χ4n) is 5.24. The molecular formula is C26H34N2O2. The summed E-state index contributed by atoms with van der Waals surface area (Å²) >= 11 is 0. The van der Waals surface area contributed by atoms with Crippen LogP contribution in [0, 0.1) is 5.92 Å². The number of carbonyl (C=O) groups is 1. The van der Waals surface area contributed by atoms with Crippen LogP contribution in [0.5, 0.6) is 0 Å². The van der Waals surface area contributed by atoms with E-state index in [0.29, 0.717) is 19.0 Å². The summed E-state index contributed by atoms with van der Waals surface area (Å²) in [6.07, 6.45) is 4.78. The maximum absolute atomic E-state index is 13.6. The molecule has 1 unspecified atom stereocenters. The van der Waals surface area contributed by atoms with E-state index < -0.39 is 5.60 Å². The van der Waals surface area contributed by atoms with Crippen LogP contribution < -0.4 is 5.73 Å². The number of carbonyl (C=O) groups excluding carboxylic acids is 1. The zero-order valence-corrected chi connectivity index (χ0v) is 18.2. The van der Waals surface area contributed by atoms with Gasteiger partial charge >= 0.3 is 0 Å². The average molecular weight is 407 g/mol. The summed E-state index contributed by atoms with van der Waals surface area (Å²) in [6, 6.07) is 18.0. The second-order valence-corrected chi connectivity index (χ2v) is 9.89. The molecule has 30 heavy (non-hydrogen) atoms. The number of hydrogen-bond acceptors (Lipinski definition) is 3. The van der Waals surface area contributed by atoms with E-state index in [1.165, 1.54) is 11.1 Å². The average Bonchev–Trinajstić information content (AvgIpc) is 3.22. The van der Waals surface area contributed by atoms with E-state index in [1.807, 2.05) is 49.1 Å². The van der Waals surface area contributed by atoms with Crippen molar-refractivity contribution >= 4 is 5.91 Å². The number of hydrogen-bond donors (Lipinski definition) is 2. The summed E-state index contributed by atoms with van der Waals surface area (Å²) in [5.74, 6) is 0.168. The van der Waals surface area contributed by atoms with E-state index in [9.17, 15) is 9.90 Å². The summed E-state index contributed by atoms with van der Waals surface area (Å²) < 4.78 is 0. The lowest BCUT2D eigenvalue weighted by atomic mass is 9.77. The second kappa shape index (κ2) is 8.16. The van der Waals surface area contributed by atoms with Crippen LogP contribution in [0.2, 0.25) is 0 Å². The van der Waals surface area contributed by atoms with Crippen LogP contribution in [0.1, 0.15) is 62.1 Å². The van der Waals surface area contributed by atoms with Crippen molar-refractivity contribution in [3.05, 3.63) is 71.3 Å². The van der Waals surface area contributed by atoms with Crippen molar-refractivity contribution in [2.45, 2.75) is 63.0 Å². The van der Waals surface area contributed by atoms with Crippen LogP contribution in [-0.4, -0.2) is 34.5 Å². The minimum atomic E-state index is -1.42. The van der Waals surface area contributed by atoms with Gasteiger partial charge in [0.15, 0.2) is 5.60 Å². The van der Waals surface area contributed by atoms with Gasteiger partial charge in [-0.1, -0.05) is 67.4 Å². The van der Waals surface area contributed by atoms with Gasteiger partial charge < -0.3 is 15.7 Å². The van der Waals surface area contributed by atoms with Crippen molar-refractivity contribution in [3.63, 3.8) is 0 Å². The van der Waals surface area contributed by atoms with E-state index >= 15 is 0 Å².